The van der Waals surface area contributed by atoms with E-state index in [0.717, 1.165) is 23.5 Å². The smallest absolute Gasteiger partial charge is 0.175 e. The maximum atomic E-state index is 5.74. The summed E-state index contributed by atoms with van der Waals surface area (Å²) in [6, 6.07) is 19.6. The normalized spacial score (nSPS) is 11.5. The van der Waals surface area contributed by atoms with Gasteiger partial charge in [-0.1, -0.05) is 37.6 Å². The van der Waals surface area contributed by atoms with Crippen molar-refractivity contribution in [2.45, 2.75) is 26.2 Å². The molecule has 144 valence electrons. The van der Waals surface area contributed by atoms with E-state index in [9.17, 15) is 0 Å². The van der Waals surface area contributed by atoms with Crippen molar-refractivity contribution in [3.63, 3.8) is 0 Å². The van der Waals surface area contributed by atoms with Crippen LogP contribution in [0.5, 0.6) is 0 Å². The average molecular weight is 412 g/mol. The highest BCUT2D eigenvalue weighted by atomic mass is 35.5. The molecule has 1 aromatic heterocycles. The van der Waals surface area contributed by atoms with E-state index in [1.54, 1.807) is 12.1 Å². The van der Waals surface area contributed by atoms with Crippen molar-refractivity contribution in [2.24, 2.45) is 0 Å². The largest absolute Gasteiger partial charge is 0.339 e. The predicted molar refractivity (Wildman–Crippen MR) is 122 cm³/mol. The zero-order valence-electron chi connectivity index (χ0n) is 15.7. The number of hydrogen-bond acceptors (Lipinski definition) is 4. The summed E-state index contributed by atoms with van der Waals surface area (Å²) in [5.41, 5.74) is 4.08. The number of rotatable bonds is 6. The van der Waals surface area contributed by atoms with Gasteiger partial charge in [-0.05, 0) is 78.7 Å². The first-order valence-corrected chi connectivity index (χ1v) is 9.86. The van der Waals surface area contributed by atoms with E-state index in [1.807, 2.05) is 24.3 Å². The molecule has 1 unspecified atom stereocenters. The van der Waals surface area contributed by atoms with Crippen LogP contribution in [-0.4, -0.2) is 15.3 Å². The number of nitrogens with zero attached hydrogens (tertiary/aromatic N) is 2. The van der Waals surface area contributed by atoms with Crippen molar-refractivity contribution in [3.8, 4) is 0 Å². The Kier molecular flexibility index (Phi) is 6.79. The highest BCUT2D eigenvalue weighted by Gasteiger charge is 2.04. The zero-order chi connectivity index (χ0) is 19.9. The lowest BCUT2D eigenvalue weighted by molar-refractivity contribution is 0.734. The Morgan fingerprint density at radius 1 is 0.893 bits per heavy atom. The van der Waals surface area contributed by atoms with E-state index < -0.39 is 0 Å². The van der Waals surface area contributed by atoms with Crippen molar-refractivity contribution < 1.29 is 0 Å². The van der Waals surface area contributed by atoms with E-state index in [0.29, 0.717) is 22.0 Å². The van der Waals surface area contributed by atoms with Crippen LogP contribution in [0.4, 0.5) is 22.9 Å². The molecule has 2 aromatic carbocycles. The van der Waals surface area contributed by atoms with Crippen molar-refractivity contribution in [1.82, 2.24) is 10.2 Å². The molecule has 3 N–H and O–H groups in total. The van der Waals surface area contributed by atoms with E-state index >= 15 is 0 Å². The standard InChI is InChI=1S/C21H22ClN5S/c1-3-14(2)15-4-6-17(7-5-15)24-21(28)25-18-10-8-16(9-11-18)23-20-13-12-19(22)26-27-20/h4-14H,3H2,1-2H3,(H,23,27)(H2,24,25,28). The van der Waals surface area contributed by atoms with Crippen molar-refractivity contribution in [2.75, 3.05) is 16.0 Å². The van der Waals surface area contributed by atoms with Gasteiger partial charge >= 0.3 is 0 Å². The molecule has 0 saturated heterocycles. The first-order chi connectivity index (χ1) is 13.5. The molecule has 0 saturated carbocycles. The summed E-state index contributed by atoms with van der Waals surface area (Å²) in [7, 11) is 0. The molecule has 0 bridgehead atoms. The van der Waals surface area contributed by atoms with Gasteiger partial charge in [-0.3, -0.25) is 0 Å². The van der Waals surface area contributed by atoms with Gasteiger partial charge in [0.25, 0.3) is 0 Å². The highest BCUT2D eigenvalue weighted by molar-refractivity contribution is 7.80. The molecule has 5 nitrogen and oxygen atoms in total. The van der Waals surface area contributed by atoms with E-state index in [-0.39, 0.29) is 0 Å². The number of thiocarbonyl (C=S) groups is 1. The lowest BCUT2D eigenvalue weighted by atomic mass is 9.99. The van der Waals surface area contributed by atoms with E-state index in [1.165, 1.54) is 5.56 Å². The number of benzene rings is 2. The summed E-state index contributed by atoms with van der Waals surface area (Å²) in [6.45, 7) is 4.42. The fourth-order valence-corrected chi connectivity index (χ4v) is 2.93. The van der Waals surface area contributed by atoms with Gasteiger partial charge < -0.3 is 16.0 Å². The molecule has 3 rings (SSSR count). The van der Waals surface area contributed by atoms with Gasteiger partial charge in [-0.25, -0.2) is 0 Å². The fraction of sp³-hybridized carbons (Fsp3) is 0.190. The maximum Gasteiger partial charge on any atom is 0.175 e. The van der Waals surface area contributed by atoms with Gasteiger partial charge in [-0.15, -0.1) is 10.2 Å². The van der Waals surface area contributed by atoms with Crippen molar-refractivity contribution >= 4 is 51.8 Å². The second kappa shape index (κ2) is 9.48. The predicted octanol–water partition coefficient (Wildman–Crippen LogP) is 6.20. The summed E-state index contributed by atoms with van der Waals surface area (Å²) in [5, 5.41) is 18.2. The second-order valence-electron chi connectivity index (χ2n) is 6.45. The van der Waals surface area contributed by atoms with Gasteiger partial charge in [0.15, 0.2) is 16.1 Å². The first-order valence-electron chi connectivity index (χ1n) is 9.08. The average Bonchev–Trinajstić information content (AvgIpc) is 2.71. The molecule has 28 heavy (non-hydrogen) atoms. The molecule has 3 aromatic rings. The molecule has 0 amide bonds. The number of hydrogen-bond donors (Lipinski definition) is 3. The summed E-state index contributed by atoms with van der Waals surface area (Å²) in [5.74, 6) is 1.19. The molecule has 0 radical (unpaired) electrons. The Morgan fingerprint density at radius 3 is 2.00 bits per heavy atom. The van der Waals surface area contributed by atoms with Crippen molar-refractivity contribution in [1.29, 1.82) is 0 Å². The summed E-state index contributed by atoms with van der Waals surface area (Å²) in [4.78, 5) is 0. The fourth-order valence-electron chi connectivity index (χ4n) is 2.59. The molecule has 0 fully saturated rings. The summed E-state index contributed by atoms with van der Waals surface area (Å²) < 4.78 is 0. The van der Waals surface area contributed by atoms with E-state index in [2.05, 4.69) is 64.3 Å². The minimum absolute atomic E-state index is 0.362. The van der Waals surface area contributed by atoms with E-state index in [4.69, 9.17) is 23.8 Å². The lowest BCUT2D eigenvalue weighted by Gasteiger charge is -2.13. The third-order valence-corrected chi connectivity index (χ3v) is 4.80. The van der Waals surface area contributed by atoms with Gasteiger partial charge in [0.05, 0.1) is 0 Å². The molecule has 7 heteroatoms. The molecule has 1 atom stereocenters. The molecular weight excluding hydrogens is 390 g/mol. The Morgan fingerprint density at radius 2 is 1.46 bits per heavy atom. The monoisotopic (exact) mass is 411 g/mol. The number of aromatic nitrogens is 2. The van der Waals surface area contributed by atoms with Gasteiger partial charge in [-0.2, -0.15) is 0 Å². The van der Waals surface area contributed by atoms with Gasteiger partial charge in [0.2, 0.25) is 0 Å². The molecular formula is C21H22ClN5S. The SMILES string of the molecule is CCC(C)c1ccc(NC(=S)Nc2ccc(Nc3ccc(Cl)nn3)cc2)cc1. The molecule has 0 aliphatic rings. The minimum atomic E-state index is 0.362. The first kappa shape index (κ1) is 20.0. The Labute approximate surface area is 175 Å². The third-order valence-electron chi connectivity index (χ3n) is 4.40. The zero-order valence-corrected chi connectivity index (χ0v) is 17.3. The number of halogens is 1. The van der Waals surface area contributed by atoms with Crippen LogP contribution in [0.15, 0.2) is 60.7 Å². The number of anilines is 4. The maximum absolute atomic E-state index is 5.74. The molecule has 0 aliphatic heterocycles. The van der Waals surface area contributed by atoms with Crippen LogP contribution in [0.3, 0.4) is 0 Å². The molecule has 0 aliphatic carbocycles. The van der Waals surface area contributed by atoms with Crippen LogP contribution in [0.2, 0.25) is 5.15 Å². The minimum Gasteiger partial charge on any atom is -0.339 e. The van der Waals surface area contributed by atoms with Crippen LogP contribution in [0.25, 0.3) is 0 Å². The summed E-state index contributed by atoms with van der Waals surface area (Å²) in [6.07, 6.45) is 1.13. The lowest BCUT2D eigenvalue weighted by Crippen LogP contribution is -2.19. The van der Waals surface area contributed by atoms with Crippen LogP contribution in [-0.2, 0) is 0 Å². The van der Waals surface area contributed by atoms with Crippen molar-refractivity contribution in [3.05, 3.63) is 71.4 Å². The molecule has 1 heterocycles. The molecule has 0 spiro atoms. The van der Waals surface area contributed by atoms with Gasteiger partial charge in [0, 0.05) is 17.1 Å². The topological polar surface area (TPSA) is 61.9 Å². The Bertz CT molecular complexity index is 911. The van der Waals surface area contributed by atoms with Crippen LogP contribution < -0.4 is 16.0 Å². The number of nitrogens with one attached hydrogen (secondary N) is 3. The van der Waals surface area contributed by atoms with Crippen LogP contribution in [0.1, 0.15) is 31.7 Å². The van der Waals surface area contributed by atoms with Crippen LogP contribution in [0, 0.1) is 0 Å². The Balaban J connectivity index is 1.54. The van der Waals surface area contributed by atoms with Crippen LogP contribution >= 0.6 is 23.8 Å². The third kappa shape index (κ3) is 5.65. The highest BCUT2D eigenvalue weighted by Crippen LogP contribution is 2.21. The Hall–Kier alpha value is -2.70. The second-order valence-corrected chi connectivity index (χ2v) is 7.25. The summed E-state index contributed by atoms with van der Waals surface area (Å²) >= 11 is 11.1. The van der Waals surface area contributed by atoms with Gasteiger partial charge in [0.1, 0.15) is 0 Å². The quantitative estimate of drug-likeness (QED) is 0.420.